The second-order valence-corrected chi connectivity index (χ2v) is 10.5. The van der Waals surface area contributed by atoms with Crippen LogP contribution < -0.4 is 5.32 Å². The van der Waals surface area contributed by atoms with Crippen molar-refractivity contribution in [3.8, 4) is 0 Å². The van der Waals surface area contributed by atoms with Crippen LogP contribution in [-0.2, 0) is 14.4 Å². The van der Waals surface area contributed by atoms with E-state index in [1.807, 2.05) is 7.05 Å². The molecule has 0 aromatic carbocycles. The summed E-state index contributed by atoms with van der Waals surface area (Å²) < 4.78 is 0. The largest absolute Gasteiger partial charge is 0.478 e. The second kappa shape index (κ2) is 9.02. The first kappa shape index (κ1) is 23.9. The Morgan fingerprint density at radius 3 is 2.23 bits per heavy atom. The van der Waals surface area contributed by atoms with Crippen LogP contribution in [0.25, 0.3) is 0 Å². The highest BCUT2D eigenvalue weighted by Gasteiger charge is 2.61. The zero-order chi connectivity index (χ0) is 23.0. The number of carboxylic acids is 2. The van der Waals surface area contributed by atoms with Crippen LogP contribution in [-0.4, -0.2) is 52.2 Å². The molecule has 31 heavy (non-hydrogen) atoms. The lowest BCUT2D eigenvalue weighted by Gasteiger charge is -2.60. The normalized spacial score (nSPS) is 43.9. The Morgan fingerprint density at radius 1 is 1.00 bits per heavy atom. The van der Waals surface area contributed by atoms with E-state index in [2.05, 4.69) is 19.2 Å². The maximum Gasteiger partial charge on any atom is 0.328 e. The minimum Gasteiger partial charge on any atom is -0.478 e. The lowest BCUT2D eigenvalue weighted by molar-refractivity contribution is -0.138. The summed E-state index contributed by atoms with van der Waals surface area (Å²) >= 11 is 0. The molecule has 7 heteroatoms. The number of carboxylic acid groups (broad SMARTS) is 2. The zero-order valence-corrected chi connectivity index (χ0v) is 18.8. The van der Waals surface area contributed by atoms with Gasteiger partial charge in [-0.15, -0.1) is 0 Å². The molecule has 0 spiro atoms. The highest BCUT2D eigenvalue weighted by atomic mass is 16.4. The van der Waals surface area contributed by atoms with Crippen LogP contribution in [0.4, 0.5) is 0 Å². The number of ketones is 1. The van der Waals surface area contributed by atoms with Crippen molar-refractivity contribution in [3.05, 3.63) is 12.2 Å². The molecule has 0 saturated heterocycles. The lowest BCUT2D eigenvalue weighted by Crippen LogP contribution is -2.55. The average molecular weight is 436 g/mol. The van der Waals surface area contributed by atoms with Gasteiger partial charge in [-0.1, -0.05) is 13.8 Å². The molecule has 0 radical (unpaired) electrons. The molecule has 8 atom stereocenters. The number of Topliss-reactive ketones (excluding diaryl/α,β-unsaturated/α-hetero) is 1. The topological polar surface area (TPSA) is 124 Å². The Balaban J connectivity index is 0.000000293. The number of hydrogen-bond acceptors (Lipinski definition) is 5. The first-order valence-corrected chi connectivity index (χ1v) is 11.5. The number of aliphatic carboxylic acids is 2. The van der Waals surface area contributed by atoms with Gasteiger partial charge in [0.25, 0.3) is 0 Å². The van der Waals surface area contributed by atoms with Gasteiger partial charge < -0.3 is 20.6 Å². The Morgan fingerprint density at radius 2 is 1.65 bits per heavy atom. The van der Waals surface area contributed by atoms with E-state index in [-0.39, 0.29) is 17.6 Å². The fourth-order valence-electron chi connectivity index (χ4n) is 7.72. The first-order chi connectivity index (χ1) is 14.5. The molecule has 4 fully saturated rings. The summed E-state index contributed by atoms with van der Waals surface area (Å²) in [6.45, 7) is 4.91. The number of aliphatic hydroxyl groups is 1. The molecule has 4 rings (SSSR count). The third-order valence-corrected chi connectivity index (χ3v) is 9.19. The van der Waals surface area contributed by atoms with Crippen LogP contribution in [0.15, 0.2) is 12.2 Å². The van der Waals surface area contributed by atoms with Crippen LogP contribution in [0.2, 0.25) is 0 Å². The summed E-state index contributed by atoms with van der Waals surface area (Å²) in [5.74, 6) is 0.800. The number of nitrogens with one attached hydrogen (secondary N) is 1. The summed E-state index contributed by atoms with van der Waals surface area (Å²) in [7, 11) is 2.01. The van der Waals surface area contributed by atoms with E-state index in [0.717, 1.165) is 37.5 Å². The van der Waals surface area contributed by atoms with Crippen molar-refractivity contribution in [2.24, 2.45) is 34.5 Å². The van der Waals surface area contributed by atoms with Crippen LogP contribution in [0.1, 0.15) is 65.2 Å². The van der Waals surface area contributed by atoms with E-state index in [0.29, 0.717) is 35.2 Å². The Hall–Kier alpha value is -1.73. The van der Waals surface area contributed by atoms with Crippen molar-refractivity contribution in [1.82, 2.24) is 5.32 Å². The maximum atomic E-state index is 11.9. The van der Waals surface area contributed by atoms with Gasteiger partial charge in [-0.05, 0) is 80.1 Å². The minimum absolute atomic E-state index is 0.188. The molecule has 7 nitrogen and oxygen atoms in total. The molecule has 0 bridgehead atoms. The molecule has 0 aliphatic heterocycles. The van der Waals surface area contributed by atoms with Gasteiger partial charge in [0.15, 0.2) is 0 Å². The molecular weight excluding hydrogens is 398 g/mol. The summed E-state index contributed by atoms with van der Waals surface area (Å²) in [5.41, 5.74) is 0.629. The fraction of sp³-hybridized carbons (Fsp3) is 0.792. The molecule has 4 aliphatic carbocycles. The van der Waals surface area contributed by atoms with Gasteiger partial charge in [-0.2, -0.15) is 0 Å². The molecule has 4 N–H and O–H groups in total. The number of carbonyl (C=O) groups is 3. The van der Waals surface area contributed by atoms with Crippen molar-refractivity contribution in [1.29, 1.82) is 0 Å². The van der Waals surface area contributed by atoms with Crippen LogP contribution in [0, 0.1) is 34.5 Å². The third kappa shape index (κ3) is 4.44. The second-order valence-electron chi connectivity index (χ2n) is 10.5. The van der Waals surface area contributed by atoms with Crippen LogP contribution in [0.5, 0.6) is 0 Å². The summed E-state index contributed by atoms with van der Waals surface area (Å²) in [4.78, 5) is 31.0. The number of hydrogen-bond donors (Lipinski definition) is 4. The van der Waals surface area contributed by atoms with Gasteiger partial charge in [0.05, 0.1) is 6.10 Å². The minimum atomic E-state index is -1.26. The predicted octanol–water partition coefficient (Wildman–Crippen LogP) is 2.87. The SMILES string of the molecule is CN[C@H]1[C@H](O)C[C@H]2[C@@H]3CC[C@H]4CC(=O)CC[C@]4(C)[C@H]3CC[C@@]21C.O=C(O)/C=C\C(=O)O. The first-order valence-electron chi connectivity index (χ1n) is 11.5. The van der Waals surface area contributed by atoms with Gasteiger partial charge in [0.1, 0.15) is 5.78 Å². The molecule has 0 aromatic heterocycles. The lowest BCUT2D eigenvalue weighted by atomic mass is 9.45. The standard InChI is InChI=1S/C20H33NO2.C4H4O4/c1-19-8-6-13(22)10-12(19)4-5-14-15(19)7-9-20(2)16(14)11-17(23)18(20)21-3;5-3(6)1-2-4(7)8/h12,14-18,21,23H,4-11H2,1-3H3;1-2H,(H,5,6)(H,7,8)/b;2-1-/t12-,14+,15-,16-,17+,18-,19-,20-;/m0./s1. The smallest absolute Gasteiger partial charge is 0.328 e. The molecule has 0 heterocycles. The highest BCUT2D eigenvalue weighted by Crippen LogP contribution is 2.65. The Labute approximate surface area is 184 Å². The van der Waals surface area contributed by atoms with E-state index in [9.17, 15) is 19.5 Å². The number of rotatable bonds is 3. The van der Waals surface area contributed by atoms with E-state index < -0.39 is 11.9 Å². The third-order valence-electron chi connectivity index (χ3n) is 9.19. The molecule has 0 amide bonds. The molecular formula is C24H37NO6. The maximum absolute atomic E-state index is 11.9. The van der Waals surface area contributed by atoms with E-state index in [1.54, 1.807) is 0 Å². The van der Waals surface area contributed by atoms with Crippen molar-refractivity contribution in [2.45, 2.75) is 77.4 Å². The predicted molar refractivity (Wildman–Crippen MR) is 115 cm³/mol. The van der Waals surface area contributed by atoms with Crippen LogP contribution in [0.3, 0.4) is 0 Å². The van der Waals surface area contributed by atoms with Crippen LogP contribution >= 0.6 is 0 Å². The molecule has 174 valence electrons. The van der Waals surface area contributed by atoms with Gasteiger partial charge in [0, 0.05) is 31.0 Å². The molecule has 0 unspecified atom stereocenters. The van der Waals surface area contributed by atoms with Gasteiger partial charge in [-0.3, -0.25) is 4.79 Å². The fourth-order valence-corrected chi connectivity index (χ4v) is 7.72. The van der Waals surface area contributed by atoms with Crippen molar-refractivity contribution >= 4 is 17.7 Å². The molecule has 4 aliphatic rings. The van der Waals surface area contributed by atoms with Crippen molar-refractivity contribution in [2.75, 3.05) is 7.05 Å². The molecule has 0 aromatic rings. The van der Waals surface area contributed by atoms with E-state index in [1.165, 1.54) is 25.7 Å². The van der Waals surface area contributed by atoms with E-state index in [4.69, 9.17) is 10.2 Å². The monoisotopic (exact) mass is 435 g/mol. The summed E-state index contributed by atoms with van der Waals surface area (Å²) in [5, 5.41) is 29.6. The number of aliphatic hydroxyl groups excluding tert-OH is 1. The van der Waals surface area contributed by atoms with Gasteiger partial charge in [-0.25, -0.2) is 9.59 Å². The Bertz CT molecular complexity index is 734. The number of carbonyl (C=O) groups excluding carboxylic acids is 1. The average Bonchev–Trinajstić information content (AvgIpc) is 2.97. The molecule has 4 saturated carbocycles. The van der Waals surface area contributed by atoms with Gasteiger partial charge in [0.2, 0.25) is 0 Å². The number of likely N-dealkylation sites (N-methyl/N-ethyl adjacent to an activating group) is 1. The summed E-state index contributed by atoms with van der Waals surface area (Å²) in [6.07, 6.45) is 9.70. The Kier molecular flexibility index (Phi) is 6.96. The van der Waals surface area contributed by atoms with Gasteiger partial charge >= 0.3 is 11.9 Å². The highest BCUT2D eigenvalue weighted by molar-refractivity contribution is 5.89. The van der Waals surface area contributed by atoms with E-state index >= 15 is 0 Å². The summed E-state index contributed by atoms with van der Waals surface area (Å²) in [6, 6.07) is 0.256. The van der Waals surface area contributed by atoms with Crippen molar-refractivity contribution < 1.29 is 29.7 Å². The zero-order valence-electron chi connectivity index (χ0n) is 18.8. The van der Waals surface area contributed by atoms with Crippen molar-refractivity contribution in [3.63, 3.8) is 0 Å². The number of fused-ring (bicyclic) bond motifs is 5. The quantitative estimate of drug-likeness (QED) is 0.503.